The predicted octanol–water partition coefficient (Wildman–Crippen LogP) is 3.59. The topological polar surface area (TPSA) is 78.5 Å². The lowest BCUT2D eigenvalue weighted by atomic mass is 9.99. The molecule has 0 saturated heterocycles. The number of hydrogen-bond acceptors (Lipinski definition) is 4. The number of carbonyl (C=O) groups excluding carboxylic acids is 1. The number of carbonyl (C=O) groups is 1. The van der Waals surface area contributed by atoms with Gasteiger partial charge in [-0.1, -0.05) is 36.4 Å². The quantitative estimate of drug-likeness (QED) is 0.738. The molecule has 0 aromatic heterocycles. The minimum Gasteiger partial charge on any atom is -0.307 e. The van der Waals surface area contributed by atoms with E-state index in [4.69, 9.17) is 0 Å². The summed E-state index contributed by atoms with van der Waals surface area (Å²) in [6.07, 6.45) is 6.07. The van der Waals surface area contributed by atoms with Crippen LogP contribution in [0.4, 0.5) is 10.5 Å². The van der Waals surface area contributed by atoms with Crippen LogP contribution >= 0.6 is 0 Å². The number of anilines is 1. The van der Waals surface area contributed by atoms with Crippen LogP contribution in [0.3, 0.4) is 0 Å². The summed E-state index contributed by atoms with van der Waals surface area (Å²) < 4.78 is 27.9. The molecular weight excluding hydrogens is 398 g/mol. The van der Waals surface area contributed by atoms with Gasteiger partial charge < -0.3 is 5.32 Å². The second kappa shape index (κ2) is 8.40. The molecule has 2 amide bonds. The molecular formula is C23H29N3O3S. The van der Waals surface area contributed by atoms with Gasteiger partial charge in [0.05, 0.1) is 0 Å². The fraction of sp³-hybridized carbons (Fsp3) is 0.435. The van der Waals surface area contributed by atoms with Crippen LogP contribution in [0, 0.1) is 0 Å². The van der Waals surface area contributed by atoms with E-state index in [1.165, 1.54) is 22.3 Å². The van der Waals surface area contributed by atoms with Gasteiger partial charge in [-0.2, -0.15) is 0 Å². The Balaban J connectivity index is 1.46. The SMILES string of the molecule is CC(N(C)Cc1ccccc1)S(=O)(=O)NC(=O)Nc1c2c(cc3c1CCC3)CCC2. The lowest BCUT2D eigenvalue weighted by Gasteiger charge is -2.25. The molecule has 0 saturated carbocycles. The lowest BCUT2D eigenvalue weighted by molar-refractivity contribution is 0.255. The number of fused-ring (bicyclic) bond motifs is 2. The number of benzene rings is 2. The summed E-state index contributed by atoms with van der Waals surface area (Å²) in [5, 5.41) is 2.04. The third-order valence-electron chi connectivity index (χ3n) is 6.29. The first-order valence-electron chi connectivity index (χ1n) is 10.6. The van der Waals surface area contributed by atoms with E-state index in [1.807, 2.05) is 30.3 Å². The lowest BCUT2D eigenvalue weighted by Crippen LogP contribution is -2.46. The van der Waals surface area contributed by atoms with E-state index >= 15 is 0 Å². The van der Waals surface area contributed by atoms with Gasteiger partial charge >= 0.3 is 6.03 Å². The highest BCUT2D eigenvalue weighted by molar-refractivity contribution is 7.90. The van der Waals surface area contributed by atoms with Gasteiger partial charge in [-0.3, -0.25) is 4.90 Å². The summed E-state index contributed by atoms with van der Waals surface area (Å²) in [7, 11) is -2.12. The number of nitrogens with zero attached hydrogens (tertiary/aromatic N) is 1. The zero-order valence-corrected chi connectivity index (χ0v) is 18.4. The number of sulfonamides is 1. The molecule has 1 atom stereocenters. The smallest absolute Gasteiger partial charge is 0.307 e. The van der Waals surface area contributed by atoms with E-state index in [1.54, 1.807) is 18.9 Å². The van der Waals surface area contributed by atoms with Crippen molar-refractivity contribution < 1.29 is 13.2 Å². The molecule has 0 radical (unpaired) electrons. The monoisotopic (exact) mass is 427 g/mol. The third-order valence-corrected chi connectivity index (χ3v) is 8.02. The number of amides is 2. The molecule has 0 spiro atoms. The van der Waals surface area contributed by atoms with Crippen LogP contribution in [0.25, 0.3) is 0 Å². The van der Waals surface area contributed by atoms with Crippen molar-refractivity contribution in [2.45, 2.75) is 57.4 Å². The van der Waals surface area contributed by atoms with Crippen LogP contribution in [0.15, 0.2) is 36.4 Å². The Labute approximate surface area is 178 Å². The van der Waals surface area contributed by atoms with Gasteiger partial charge in [0.2, 0.25) is 0 Å². The van der Waals surface area contributed by atoms with Crippen molar-refractivity contribution in [3.63, 3.8) is 0 Å². The number of urea groups is 1. The molecule has 6 nitrogen and oxygen atoms in total. The maximum atomic E-state index is 12.8. The molecule has 0 heterocycles. The van der Waals surface area contributed by atoms with Crippen molar-refractivity contribution in [1.29, 1.82) is 0 Å². The molecule has 2 aromatic rings. The van der Waals surface area contributed by atoms with E-state index < -0.39 is 21.4 Å². The van der Waals surface area contributed by atoms with E-state index in [0.717, 1.165) is 49.8 Å². The van der Waals surface area contributed by atoms with Gasteiger partial charge in [0.1, 0.15) is 5.37 Å². The van der Waals surface area contributed by atoms with Crippen LogP contribution in [0.1, 0.15) is 47.6 Å². The summed E-state index contributed by atoms with van der Waals surface area (Å²) in [5.74, 6) is 0. The van der Waals surface area contributed by atoms with Crippen molar-refractivity contribution in [1.82, 2.24) is 9.62 Å². The Kier molecular flexibility index (Phi) is 5.84. The first-order chi connectivity index (χ1) is 14.3. The van der Waals surface area contributed by atoms with Crippen LogP contribution in [-0.4, -0.2) is 31.8 Å². The average molecular weight is 428 g/mol. The van der Waals surface area contributed by atoms with Gasteiger partial charge in [-0.15, -0.1) is 0 Å². The summed E-state index contributed by atoms with van der Waals surface area (Å²) in [4.78, 5) is 14.4. The van der Waals surface area contributed by atoms with Crippen LogP contribution in [0.2, 0.25) is 0 Å². The summed E-state index contributed by atoms with van der Waals surface area (Å²) in [6.45, 7) is 2.07. The molecule has 7 heteroatoms. The molecule has 4 rings (SSSR count). The van der Waals surface area contributed by atoms with Crippen molar-refractivity contribution in [2.75, 3.05) is 12.4 Å². The maximum absolute atomic E-state index is 12.8. The van der Waals surface area contributed by atoms with Crippen molar-refractivity contribution in [3.05, 3.63) is 64.2 Å². The Hall–Kier alpha value is -2.38. The van der Waals surface area contributed by atoms with E-state index in [-0.39, 0.29) is 0 Å². The standard InChI is InChI=1S/C23H29N3O3S/c1-16(26(2)15-17-8-4-3-5-9-17)30(28,29)25-23(27)24-22-20-12-6-10-18(20)14-19-11-7-13-21(19)22/h3-5,8-9,14,16H,6-7,10-13,15H2,1-2H3,(H2,24,25,27). The summed E-state index contributed by atoms with van der Waals surface area (Å²) in [5.41, 5.74) is 6.81. The van der Waals surface area contributed by atoms with Crippen LogP contribution in [0.5, 0.6) is 0 Å². The van der Waals surface area contributed by atoms with Gasteiger partial charge in [-0.05, 0) is 80.3 Å². The van der Waals surface area contributed by atoms with Gasteiger partial charge in [0.25, 0.3) is 10.0 Å². The van der Waals surface area contributed by atoms with E-state index in [0.29, 0.717) is 6.54 Å². The average Bonchev–Trinajstić information content (AvgIpc) is 3.36. The first-order valence-corrected chi connectivity index (χ1v) is 12.1. The number of aryl methyl sites for hydroxylation is 2. The highest BCUT2D eigenvalue weighted by Gasteiger charge is 2.29. The second-order valence-electron chi connectivity index (χ2n) is 8.34. The fourth-order valence-electron chi connectivity index (χ4n) is 4.56. The van der Waals surface area contributed by atoms with E-state index in [9.17, 15) is 13.2 Å². The van der Waals surface area contributed by atoms with Crippen LogP contribution in [-0.2, 0) is 42.3 Å². The Morgan fingerprint density at radius 3 is 2.23 bits per heavy atom. The molecule has 2 aliphatic carbocycles. The third kappa shape index (κ3) is 4.23. The highest BCUT2D eigenvalue weighted by atomic mass is 32.2. The number of hydrogen-bond donors (Lipinski definition) is 2. The number of nitrogens with one attached hydrogen (secondary N) is 2. The molecule has 160 valence electrons. The summed E-state index contributed by atoms with van der Waals surface area (Å²) in [6, 6.07) is 11.3. The minimum atomic E-state index is -3.86. The molecule has 30 heavy (non-hydrogen) atoms. The van der Waals surface area contributed by atoms with Gasteiger partial charge in [0, 0.05) is 12.2 Å². The Morgan fingerprint density at radius 2 is 1.63 bits per heavy atom. The predicted molar refractivity (Wildman–Crippen MR) is 119 cm³/mol. The van der Waals surface area contributed by atoms with E-state index in [2.05, 4.69) is 16.1 Å². The summed E-state index contributed by atoms with van der Waals surface area (Å²) >= 11 is 0. The molecule has 0 aliphatic heterocycles. The van der Waals surface area contributed by atoms with Gasteiger partial charge in [0.15, 0.2) is 0 Å². The largest absolute Gasteiger partial charge is 0.332 e. The number of rotatable bonds is 6. The Bertz CT molecular complexity index is 1020. The first kappa shape index (κ1) is 20.9. The maximum Gasteiger partial charge on any atom is 0.332 e. The second-order valence-corrected chi connectivity index (χ2v) is 10.3. The van der Waals surface area contributed by atoms with Crippen LogP contribution < -0.4 is 10.0 Å². The molecule has 0 bridgehead atoms. The molecule has 2 aliphatic rings. The minimum absolute atomic E-state index is 0.476. The fourth-order valence-corrected chi connectivity index (χ4v) is 5.59. The zero-order valence-electron chi connectivity index (χ0n) is 17.6. The molecule has 2 aromatic carbocycles. The van der Waals surface area contributed by atoms with Crippen molar-refractivity contribution in [2.24, 2.45) is 0 Å². The van der Waals surface area contributed by atoms with Crippen molar-refractivity contribution in [3.8, 4) is 0 Å². The van der Waals surface area contributed by atoms with Crippen molar-refractivity contribution >= 4 is 21.7 Å². The highest BCUT2D eigenvalue weighted by Crippen LogP contribution is 2.38. The molecule has 1 unspecified atom stereocenters. The zero-order chi connectivity index (χ0) is 21.3. The van der Waals surface area contributed by atoms with Gasteiger partial charge in [-0.25, -0.2) is 17.9 Å². The molecule has 0 fully saturated rings. The Morgan fingerprint density at radius 1 is 1.03 bits per heavy atom. The normalized spacial score (nSPS) is 16.2. The molecule has 2 N–H and O–H groups in total.